The smallest absolute Gasteiger partial charge is 0.119 e. The van der Waals surface area contributed by atoms with Crippen LogP contribution in [0.4, 0.5) is 0 Å². The molecule has 0 bridgehead atoms. The van der Waals surface area contributed by atoms with E-state index in [4.69, 9.17) is 4.74 Å². The van der Waals surface area contributed by atoms with E-state index in [0.717, 1.165) is 30.9 Å². The number of hydrogen-bond acceptors (Lipinski definition) is 3. The molecule has 2 rings (SSSR count). The van der Waals surface area contributed by atoms with Crippen LogP contribution in [-0.2, 0) is 6.54 Å². The van der Waals surface area contributed by atoms with Gasteiger partial charge < -0.3 is 4.74 Å². The number of hydrogen-bond donors (Lipinski definition) is 0. The van der Waals surface area contributed by atoms with Gasteiger partial charge in [-0.15, -0.1) is 0 Å². The van der Waals surface area contributed by atoms with Crippen molar-refractivity contribution in [3.05, 3.63) is 48.3 Å². The molecule has 0 unspecified atom stereocenters. The van der Waals surface area contributed by atoms with Crippen molar-refractivity contribution in [3.63, 3.8) is 0 Å². The van der Waals surface area contributed by atoms with Crippen molar-refractivity contribution in [3.8, 4) is 16.9 Å². The van der Waals surface area contributed by atoms with Gasteiger partial charge in [0.2, 0.25) is 0 Å². The number of pyridine rings is 1. The van der Waals surface area contributed by atoms with Crippen LogP contribution >= 0.6 is 0 Å². The molecule has 1 aromatic heterocycles. The van der Waals surface area contributed by atoms with Crippen LogP contribution < -0.4 is 4.74 Å². The fourth-order valence-electron chi connectivity index (χ4n) is 2.35. The first-order chi connectivity index (χ1) is 10.3. The molecule has 1 heterocycles. The highest BCUT2D eigenvalue weighted by atomic mass is 16.5. The molecule has 0 aliphatic rings. The normalized spacial score (nSPS) is 10.9. The van der Waals surface area contributed by atoms with E-state index in [1.165, 1.54) is 11.1 Å². The molecule has 0 saturated carbocycles. The first-order valence-corrected chi connectivity index (χ1v) is 7.66. The zero-order valence-electron chi connectivity index (χ0n) is 13.2. The van der Waals surface area contributed by atoms with Crippen LogP contribution in [-0.4, -0.2) is 29.6 Å². The highest BCUT2D eigenvalue weighted by molar-refractivity contribution is 5.63. The Kier molecular flexibility index (Phi) is 5.76. The molecule has 2 aromatic rings. The van der Waals surface area contributed by atoms with Crippen LogP contribution in [0.25, 0.3) is 11.1 Å². The summed E-state index contributed by atoms with van der Waals surface area (Å²) < 4.78 is 5.48. The Balaban J connectivity index is 2.16. The van der Waals surface area contributed by atoms with Crippen molar-refractivity contribution in [2.45, 2.75) is 27.3 Å². The zero-order chi connectivity index (χ0) is 15.1. The highest BCUT2D eigenvalue weighted by Crippen LogP contribution is 2.23. The second-order valence-corrected chi connectivity index (χ2v) is 5.00. The van der Waals surface area contributed by atoms with E-state index in [9.17, 15) is 0 Å². The molecule has 0 aliphatic carbocycles. The van der Waals surface area contributed by atoms with Crippen LogP contribution in [0, 0.1) is 0 Å². The minimum Gasteiger partial charge on any atom is -0.494 e. The number of aromatic nitrogens is 1. The standard InChI is InChI=1S/C18H24N2O/c1-4-20(5-2)14-15-11-17(13-19-12-15)16-7-9-18(10-8-16)21-6-3/h7-13H,4-6,14H2,1-3H3. The molecule has 0 aliphatic heterocycles. The number of rotatable bonds is 7. The molecule has 0 spiro atoms. The first-order valence-electron chi connectivity index (χ1n) is 7.66. The van der Waals surface area contributed by atoms with Gasteiger partial charge >= 0.3 is 0 Å². The molecule has 0 amide bonds. The average Bonchev–Trinajstić information content (AvgIpc) is 2.54. The molecule has 0 atom stereocenters. The van der Waals surface area contributed by atoms with E-state index in [0.29, 0.717) is 6.61 Å². The summed E-state index contributed by atoms with van der Waals surface area (Å²) >= 11 is 0. The maximum Gasteiger partial charge on any atom is 0.119 e. The summed E-state index contributed by atoms with van der Waals surface area (Å²) in [5.41, 5.74) is 3.58. The van der Waals surface area contributed by atoms with Gasteiger partial charge in [-0.3, -0.25) is 9.88 Å². The van der Waals surface area contributed by atoms with Crippen LogP contribution in [0.3, 0.4) is 0 Å². The molecule has 21 heavy (non-hydrogen) atoms. The van der Waals surface area contributed by atoms with Crippen molar-refractivity contribution >= 4 is 0 Å². The van der Waals surface area contributed by atoms with Gasteiger partial charge in [0, 0.05) is 24.5 Å². The summed E-state index contributed by atoms with van der Waals surface area (Å²) in [4.78, 5) is 6.77. The summed E-state index contributed by atoms with van der Waals surface area (Å²) in [5.74, 6) is 0.911. The predicted molar refractivity (Wildman–Crippen MR) is 87.5 cm³/mol. The third-order valence-electron chi connectivity index (χ3n) is 3.59. The Morgan fingerprint density at radius 2 is 1.67 bits per heavy atom. The van der Waals surface area contributed by atoms with Crippen molar-refractivity contribution in [2.75, 3.05) is 19.7 Å². The summed E-state index contributed by atoms with van der Waals surface area (Å²) in [5, 5.41) is 0. The van der Waals surface area contributed by atoms with Gasteiger partial charge in [-0.05, 0) is 49.3 Å². The summed E-state index contributed by atoms with van der Waals surface area (Å²) in [6.45, 7) is 10.1. The van der Waals surface area contributed by atoms with Gasteiger partial charge in [-0.1, -0.05) is 26.0 Å². The Labute approximate surface area is 127 Å². The molecule has 3 heteroatoms. The lowest BCUT2D eigenvalue weighted by atomic mass is 10.1. The average molecular weight is 284 g/mol. The Morgan fingerprint density at radius 1 is 0.952 bits per heavy atom. The van der Waals surface area contributed by atoms with Crippen LogP contribution in [0.1, 0.15) is 26.3 Å². The minimum atomic E-state index is 0.695. The molecule has 0 saturated heterocycles. The van der Waals surface area contributed by atoms with E-state index in [2.05, 4.69) is 41.9 Å². The second-order valence-electron chi connectivity index (χ2n) is 5.00. The topological polar surface area (TPSA) is 25.4 Å². The van der Waals surface area contributed by atoms with Crippen molar-refractivity contribution in [1.82, 2.24) is 9.88 Å². The maximum atomic E-state index is 5.48. The quantitative estimate of drug-likeness (QED) is 0.768. The van der Waals surface area contributed by atoms with Crippen LogP contribution in [0.5, 0.6) is 5.75 Å². The lowest BCUT2D eigenvalue weighted by Gasteiger charge is -2.18. The highest BCUT2D eigenvalue weighted by Gasteiger charge is 2.04. The van der Waals surface area contributed by atoms with Crippen molar-refractivity contribution in [1.29, 1.82) is 0 Å². The molecule has 112 valence electrons. The Hall–Kier alpha value is -1.87. The lowest BCUT2D eigenvalue weighted by Crippen LogP contribution is -2.22. The predicted octanol–water partition coefficient (Wildman–Crippen LogP) is 3.99. The number of benzene rings is 1. The Bertz CT molecular complexity index is 547. The zero-order valence-corrected chi connectivity index (χ0v) is 13.2. The van der Waals surface area contributed by atoms with Gasteiger partial charge in [0.1, 0.15) is 5.75 Å². The van der Waals surface area contributed by atoms with Crippen molar-refractivity contribution < 1.29 is 4.74 Å². The first kappa shape index (κ1) is 15.5. The molecule has 3 nitrogen and oxygen atoms in total. The van der Waals surface area contributed by atoms with E-state index in [1.807, 2.05) is 31.5 Å². The third-order valence-corrected chi connectivity index (χ3v) is 3.59. The second kappa shape index (κ2) is 7.79. The molecule has 0 N–H and O–H groups in total. The van der Waals surface area contributed by atoms with E-state index in [1.54, 1.807) is 0 Å². The van der Waals surface area contributed by atoms with E-state index >= 15 is 0 Å². The number of nitrogens with zero attached hydrogens (tertiary/aromatic N) is 2. The van der Waals surface area contributed by atoms with Crippen LogP contribution in [0.2, 0.25) is 0 Å². The Morgan fingerprint density at radius 3 is 2.29 bits per heavy atom. The van der Waals surface area contributed by atoms with Crippen LogP contribution in [0.15, 0.2) is 42.7 Å². The molecular formula is C18H24N2O. The summed E-state index contributed by atoms with van der Waals surface area (Å²) in [7, 11) is 0. The largest absolute Gasteiger partial charge is 0.494 e. The van der Waals surface area contributed by atoms with E-state index < -0.39 is 0 Å². The summed E-state index contributed by atoms with van der Waals surface area (Å²) in [6, 6.07) is 10.4. The lowest BCUT2D eigenvalue weighted by molar-refractivity contribution is 0.295. The summed E-state index contributed by atoms with van der Waals surface area (Å²) in [6.07, 6.45) is 3.87. The van der Waals surface area contributed by atoms with Gasteiger partial charge in [-0.25, -0.2) is 0 Å². The SMILES string of the molecule is CCOc1ccc(-c2cncc(CN(CC)CC)c2)cc1. The van der Waals surface area contributed by atoms with Gasteiger partial charge in [0.25, 0.3) is 0 Å². The molecule has 0 radical (unpaired) electrons. The molecule has 0 fully saturated rings. The fraction of sp³-hybridized carbons (Fsp3) is 0.389. The number of ether oxygens (including phenoxy) is 1. The molecule has 1 aromatic carbocycles. The van der Waals surface area contributed by atoms with Gasteiger partial charge in [0.05, 0.1) is 6.61 Å². The minimum absolute atomic E-state index is 0.695. The monoisotopic (exact) mass is 284 g/mol. The van der Waals surface area contributed by atoms with Gasteiger partial charge in [0.15, 0.2) is 0 Å². The fourth-order valence-corrected chi connectivity index (χ4v) is 2.35. The van der Waals surface area contributed by atoms with Gasteiger partial charge in [-0.2, -0.15) is 0 Å². The third kappa shape index (κ3) is 4.30. The maximum absolute atomic E-state index is 5.48. The molecular weight excluding hydrogens is 260 g/mol. The van der Waals surface area contributed by atoms with Crippen molar-refractivity contribution in [2.24, 2.45) is 0 Å². The van der Waals surface area contributed by atoms with E-state index in [-0.39, 0.29) is 0 Å².